The molecule has 0 aromatic heterocycles. The molecule has 300 valence electrons. The fourth-order valence-corrected chi connectivity index (χ4v) is 6.38. The second-order valence-electron chi connectivity index (χ2n) is 15.1. The minimum atomic E-state index is -0.114. The number of carbonyl (C=O) groups is 2. The molecule has 0 radical (unpaired) electrons. The van der Waals surface area contributed by atoms with E-state index in [0.717, 1.165) is 102 Å². The molecule has 0 aliphatic heterocycles. The first kappa shape index (κ1) is 47.5. The van der Waals surface area contributed by atoms with Gasteiger partial charge in [0, 0.05) is 37.8 Å². The summed E-state index contributed by atoms with van der Waals surface area (Å²) in [7, 11) is 4.18. The Morgan fingerprint density at radius 1 is 0.635 bits per heavy atom. The average Bonchev–Trinajstić information content (AvgIpc) is 3.12. The van der Waals surface area contributed by atoms with Crippen molar-refractivity contribution >= 4 is 17.6 Å². The molecule has 0 aliphatic rings. The first-order valence-corrected chi connectivity index (χ1v) is 21.7. The maximum absolute atomic E-state index is 12.1. The number of amides is 1. The van der Waals surface area contributed by atoms with Gasteiger partial charge in [0.2, 0.25) is 5.91 Å². The summed E-state index contributed by atoms with van der Waals surface area (Å²) in [6.45, 7) is 8.36. The van der Waals surface area contributed by atoms with Crippen molar-refractivity contribution in [2.24, 2.45) is 0 Å². The van der Waals surface area contributed by atoms with E-state index < -0.39 is 0 Å². The quantitative estimate of drug-likeness (QED) is 0.0403. The molecule has 0 aliphatic carbocycles. The first-order valence-electron chi connectivity index (χ1n) is 21.7. The largest absolute Gasteiger partial charge is 0.494 e. The minimum absolute atomic E-state index is 0.114. The minimum Gasteiger partial charge on any atom is -0.494 e. The van der Waals surface area contributed by atoms with Gasteiger partial charge in [-0.15, -0.1) is 0 Å². The van der Waals surface area contributed by atoms with Gasteiger partial charge < -0.3 is 25.0 Å². The average molecular weight is 728 g/mol. The molecule has 1 aromatic carbocycles. The Bertz CT molecular complexity index is 1010. The molecule has 1 aromatic rings. The van der Waals surface area contributed by atoms with Crippen LogP contribution in [-0.4, -0.2) is 57.2 Å². The SMILES string of the molecule is CCCCCCCCCCNC(=O)CCCCCCCOc1cc(CN(C)C)cc(NCCCC/C=C/CC(=O)OCCCCCCCCCC)c1. The summed E-state index contributed by atoms with van der Waals surface area (Å²) in [5.74, 6) is 1.02. The Labute approximate surface area is 320 Å². The van der Waals surface area contributed by atoms with Crippen molar-refractivity contribution in [2.75, 3.05) is 45.7 Å². The van der Waals surface area contributed by atoms with Gasteiger partial charge in [-0.25, -0.2) is 0 Å². The van der Waals surface area contributed by atoms with E-state index in [1.807, 2.05) is 6.08 Å². The summed E-state index contributed by atoms with van der Waals surface area (Å²) < 4.78 is 11.6. The van der Waals surface area contributed by atoms with Crippen molar-refractivity contribution in [3.05, 3.63) is 35.9 Å². The van der Waals surface area contributed by atoms with Gasteiger partial charge in [0.05, 0.1) is 19.6 Å². The Kier molecular flexibility index (Phi) is 32.4. The number of rotatable bonds is 37. The number of hydrogen-bond acceptors (Lipinski definition) is 6. The lowest BCUT2D eigenvalue weighted by atomic mass is 10.1. The van der Waals surface area contributed by atoms with Gasteiger partial charge in [-0.2, -0.15) is 0 Å². The first-order chi connectivity index (χ1) is 25.4. The van der Waals surface area contributed by atoms with Gasteiger partial charge in [-0.05, 0) is 76.7 Å². The lowest BCUT2D eigenvalue weighted by molar-refractivity contribution is -0.142. The summed E-state index contributed by atoms with van der Waals surface area (Å²) in [4.78, 5) is 26.3. The van der Waals surface area contributed by atoms with Gasteiger partial charge in [-0.1, -0.05) is 135 Å². The van der Waals surface area contributed by atoms with E-state index >= 15 is 0 Å². The van der Waals surface area contributed by atoms with Gasteiger partial charge >= 0.3 is 5.97 Å². The van der Waals surface area contributed by atoms with E-state index in [-0.39, 0.29) is 11.9 Å². The van der Waals surface area contributed by atoms with Crippen molar-refractivity contribution in [2.45, 2.75) is 187 Å². The highest BCUT2D eigenvalue weighted by atomic mass is 16.5. The molecule has 1 rings (SSSR count). The van der Waals surface area contributed by atoms with Gasteiger partial charge in [0.1, 0.15) is 5.75 Å². The van der Waals surface area contributed by atoms with Crippen LogP contribution in [0.4, 0.5) is 5.69 Å². The van der Waals surface area contributed by atoms with Crippen molar-refractivity contribution in [1.29, 1.82) is 0 Å². The van der Waals surface area contributed by atoms with Crippen LogP contribution >= 0.6 is 0 Å². The van der Waals surface area contributed by atoms with Crippen LogP contribution in [0.25, 0.3) is 0 Å². The zero-order valence-corrected chi connectivity index (χ0v) is 34.4. The number of anilines is 1. The third kappa shape index (κ3) is 31.0. The highest BCUT2D eigenvalue weighted by Gasteiger charge is 2.05. The predicted octanol–water partition coefficient (Wildman–Crippen LogP) is 11.9. The van der Waals surface area contributed by atoms with E-state index in [1.54, 1.807) is 0 Å². The summed E-state index contributed by atoms with van der Waals surface area (Å²) in [5.41, 5.74) is 2.34. The molecule has 0 saturated heterocycles. The van der Waals surface area contributed by atoms with E-state index in [0.29, 0.717) is 26.1 Å². The predicted molar refractivity (Wildman–Crippen MR) is 222 cm³/mol. The van der Waals surface area contributed by atoms with Crippen LogP contribution < -0.4 is 15.4 Å². The molecule has 0 atom stereocenters. The molecule has 0 saturated carbocycles. The van der Waals surface area contributed by atoms with E-state index in [4.69, 9.17) is 9.47 Å². The third-order valence-corrected chi connectivity index (χ3v) is 9.47. The molecule has 2 N–H and O–H groups in total. The normalized spacial score (nSPS) is 11.4. The number of ether oxygens (including phenoxy) is 2. The standard InChI is InChI=1S/C45H81N3O4/c1-5-7-9-11-13-15-21-28-34-47-44(49)31-25-19-18-24-29-35-51-43-38-41(40-48(3)4)37-42(39-43)46-33-27-22-17-20-26-32-45(50)52-36-30-23-16-14-12-10-8-6-2/h20,26,37-39,46H,5-19,21-25,27-36,40H2,1-4H3,(H,47,49)/b26-20+. The lowest BCUT2D eigenvalue weighted by Gasteiger charge is -2.15. The van der Waals surface area contributed by atoms with E-state index in [1.165, 1.54) is 89.0 Å². The number of unbranched alkanes of at least 4 members (excludes halogenated alkanes) is 20. The van der Waals surface area contributed by atoms with Crippen LogP contribution in [0.1, 0.15) is 186 Å². The topological polar surface area (TPSA) is 79.9 Å². The molecule has 7 nitrogen and oxygen atoms in total. The maximum atomic E-state index is 12.1. The molecule has 0 unspecified atom stereocenters. The summed E-state index contributed by atoms with van der Waals surface area (Å²) in [6.07, 6.45) is 33.9. The number of hydrogen-bond donors (Lipinski definition) is 2. The van der Waals surface area contributed by atoms with Crippen molar-refractivity contribution < 1.29 is 19.1 Å². The number of carbonyl (C=O) groups excluding carboxylic acids is 2. The third-order valence-electron chi connectivity index (χ3n) is 9.47. The second kappa shape index (κ2) is 35.5. The highest BCUT2D eigenvalue weighted by molar-refractivity contribution is 5.75. The van der Waals surface area contributed by atoms with Gasteiger partial charge in [0.15, 0.2) is 0 Å². The monoisotopic (exact) mass is 728 g/mol. The van der Waals surface area contributed by atoms with Crippen molar-refractivity contribution in [3.63, 3.8) is 0 Å². The number of nitrogens with zero attached hydrogens (tertiary/aromatic N) is 1. The zero-order chi connectivity index (χ0) is 37.7. The fraction of sp³-hybridized carbons (Fsp3) is 0.778. The number of esters is 1. The van der Waals surface area contributed by atoms with Crippen LogP contribution in [-0.2, 0) is 20.9 Å². The molecule has 0 spiro atoms. The molecule has 52 heavy (non-hydrogen) atoms. The van der Waals surface area contributed by atoms with Crippen LogP contribution in [0, 0.1) is 0 Å². The van der Waals surface area contributed by atoms with Crippen LogP contribution in [0.2, 0.25) is 0 Å². The number of benzene rings is 1. The molecule has 0 heterocycles. The fourth-order valence-electron chi connectivity index (χ4n) is 6.38. The van der Waals surface area contributed by atoms with Crippen LogP contribution in [0.5, 0.6) is 5.75 Å². The molecule has 1 amide bonds. The summed E-state index contributed by atoms with van der Waals surface area (Å²) in [5, 5.41) is 6.70. The molecule has 0 fully saturated rings. The maximum Gasteiger partial charge on any atom is 0.309 e. The Morgan fingerprint density at radius 2 is 1.21 bits per heavy atom. The smallest absolute Gasteiger partial charge is 0.309 e. The van der Waals surface area contributed by atoms with E-state index in [2.05, 4.69) is 67.8 Å². The number of allylic oxidation sites excluding steroid dienone is 1. The van der Waals surface area contributed by atoms with Crippen molar-refractivity contribution in [1.82, 2.24) is 10.2 Å². The molecule has 7 heteroatoms. The van der Waals surface area contributed by atoms with Gasteiger partial charge in [-0.3, -0.25) is 9.59 Å². The van der Waals surface area contributed by atoms with Crippen LogP contribution in [0.3, 0.4) is 0 Å². The van der Waals surface area contributed by atoms with Gasteiger partial charge in [0.25, 0.3) is 0 Å². The zero-order valence-electron chi connectivity index (χ0n) is 34.4. The summed E-state index contributed by atoms with van der Waals surface area (Å²) in [6, 6.07) is 6.49. The molecular formula is C45H81N3O4. The lowest BCUT2D eigenvalue weighted by Crippen LogP contribution is -2.23. The number of nitrogens with one attached hydrogen (secondary N) is 2. The van der Waals surface area contributed by atoms with Crippen LogP contribution in [0.15, 0.2) is 30.4 Å². The highest BCUT2D eigenvalue weighted by Crippen LogP contribution is 2.23. The Morgan fingerprint density at radius 3 is 1.87 bits per heavy atom. The Hall–Kier alpha value is -2.54. The Balaban J connectivity index is 2.14. The van der Waals surface area contributed by atoms with E-state index in [9.17, 15) is 9.59 Å². The summed E-state index contributed by atoms with van der Waals surface area (Å²) >= 11 is 0. The molecule has 0 bridgehead atoms. The second-order valence-corrected chi connectivity index (χ2v) is 15.1. The molecular weight excluding hydrogens is 647 g/mol. The van der Waals surface area contributed by atoms with Crippen molar-refractivity contribution in [3.8, 4) is 5.75 Å².